The molecule has 0 aliphatic rings. The zero-order valence-electron chi connectivity index (χ0n) is 18.5. The molecular formula is C27H23ClN2O4. The van der Waals surface area contributed by atoms with Crippen molar-refractivity contribution in [2.45, 2.75) is 13.2 Å². The van der Waals surface area contributed by atoms with E-state index in [0.717, 1.165) is 11.1 Å². The smallest absolute Gasteiger partial charge is 0.255 e. The van der Waals surface area contributed by atoms with Crippen LogP contribution in [0.1, 0.15) is 21.5 Å². The molecule has 0 spiro atoms. The van der Waals surface area contributed by atoms with E-state index < -0.39 is 0 Å². The van der Waals surface area contributed by atoms with Gasteiger partial charge in [-0.1, -0.05) is 60.1 Å². The van der Waals surface area contributed by atoms with Gasteiger partial charge in [0, 0.05) is 22.8 Å². The molecule has 0 saturated heterocycles. The average molecular weight is 475 g/mol. The topological polar surface area (TPSA) is 69.6 Å². The number of aromatic nitrogens is 1. The molecule has 4 rings (SSSR count). The maximum atomic E-state index is 12.9. The van der Waals surface area contributed by atoms with E-state index in [-0.39, 0.29) is 11.5 Å². The van der Waals surface area contributed by atoms with Gasteiger partial charge in [0.2, 0.25) is 0 Å². The van der Waals surface area contributed by atoms with Crippen LogP contribution in [0, 0.1) is 0 Å². The molecule has 0 bridgehead atoms. The molecule has 0 aliphatic carbocycles. The first-order valence-corrected chi connectivity index (χ1v) is 11.0. The van der Waals surface area contributed by atoms with E-state index in [0.29, 0.717) is 40.9 Å². The van der Waals surface area contributed by atoms with Crippen LogP contribution in [0.25, 0.3) is 0 Å². The number of benzene rings is 3. The number of ether oxygens (including phenoxy) is 2. The Labute approximate surface area is 202 Å². The third kappa shape index (κ3) is 5.66. The molecule has 7 heteroatoms. The van der Waals surface area contributed by atoms with Crippen molar-refractivity contribution in [1.29, 1.82) is 0 Å². The van der Waals surface area contributed by atoms with Gasteiger partial charge in [0.05, 0.1) is 19.3 Å². The molecule has 3 aromatic carbocycles. The molecule has 0 atom stereocenters. The van der Waals surface area contributed by atoms with Crippen LogP contribution < -0.4 is 20.3 Å². The normalized spacial score (nSPS) is 10.5. The molecule has 0 aliphatic heterocycles. The molecule has 1 aromatic heterocycles. The highest BCUT2D eigenvalue weighted by Gasteiger charge is 2.13. The third-order valence-electron chi connectivity index (χ3n) is 5.20. The van der Waals surface area contributed by atoms with E-state index >= 15 is 0 Å². The van der Waals surface area contributed by atoms with Crippen molar-refractivity contribution < 1.29 is 14.3 Å². The average Bonchev–Trinajstić information content (AvgIpc) is 2.86. The first-order valence-electron chi connectivity index (χ1n) is 10.6. The number of carbonyl (C=O) groups is 1. The van der Waals surface area contributed by atoms with Crippen LogP contribution in [-0.4, -0.2) is 17.6 Å². The van der Waals surface area contributed by atoms with Gasteiger partial charge >= 0.3 is 0 Å². The van der Waals surface area contributed by atoms with Gasteiger partial charge in [-0.25, -0.2) is 0 Å². The van der Waals surface area contributed by atoms with Gasteiger partial charge in [-0.2, -0.15) is 0 Å². The fourth-order valence-electron chi connectivity index (χ4n) is 3.41. The molecule has 6 nitrogen and oxygen atoms in total. The van der Waals surface area contributed by atoms with Crippen molar-refractivity contribution in [3.8, 4) is 11.5 Å². The Bertz CT molecular complexity index is 1350. The van der Waals surface area contributed by atoms with Gasteiger partial charge in [-0.3, -0.25) is 9.59 Å². The van der Waals surface area contributed by atoms with E-state index in [4.69, 9.17) is 21.1 Å². The largest absolute Gasteiger partial charge is 0.493 e. The Morgan fingerprint density at radius 3 is 2.47 bits per heavy atom. The van der Waals surface area contributed by atoms with Gasteiger partial charge < -0.3 is 19.4 Å². The van der Waals surface area contributed by atoms with Crippen LogP contribution in [0.3, 0.4) is 0 Å². The Balaban J connectivity index is 1.48. The summed E-state index contributed by atoms with van der Waals surface area (Å²) in [4.78, 5) is 25.2. The molecule has 0 radical (unpaired) electrons. The Morgan fingerprint density at radius 2 is 1.71 bits per heavy atom. The van der Waals surface area contributed by atoms with Crippen molar-refractivity contribution in [3.05, 3.63) is 123 Å². The van der Waals surface area contributed by atoms with E-state index in [2.05, 4.69) is 5.32 Å². The standard InChI is InChI=1S/C27H23ClN2O4/c1-33-25-15-20(11-13-24(25)34-18-19-7-3-2-4-8-19)27(32)29-22-12-14-26(31)30(17-22)16-21-9-5-6-10-23(21)28/h2-15,17H,16,18H2,1H3,(H,29,32). The number of anilines is 1. The summed E-state index contributed by atoms with van der Waals surface area (Å²) in [6.45, 7) is 0.680. The maximum absolute atomic E-state index is 12.9. The second-order valence-electron chi connectivity index (χ2n) is 7.57. The summed E-state index contributed by atoms with van der Waals surface area (Å²) in [5, 5.41) is 3.40. The Kier molecular flexibility index (Phi) is 7.30. The zero-order chi connectivity index (χ0) is 23.9. The highest BCUT2D eigenvalue weighted by Crippen LogP contribution is 2.29. The van der Waals surface area contributed by atoms with Crippen LogP contribution in [0.2, 0.25) is 5.02 Å². The number of nitrogens with zero attached hydrogens (tertiary/aromatic N) is 1. The first kappa shape index (κ1) is 23.1. The molecule has 0 unspecified atom stereocenters. The summed E-state index contributed by atoms with van der Waals surface area (Å²) in [6.07, 6.45) is 1.60. The molecule has 1 heterocycles. The summed E-state index contributed by atoms with van der Waals surface area (Å²) >= 11 is 6.22. The molecule has 0 saturated carbocycles. The number of amides is 1. The van der Waals surface area contributed by atoms with Crippen LogP contribution in [0.15, 0.2) is 95.9 Å². The SMILES string of the molecule is COc1cc(C(=O)Nc2ccc(=O)n(Cc3ccccc3Cl)c2)ccc1OCc1ccccc1. The molecular weight excluding hydrogens is 452 g/mol. The van der Waals surface area contributed by atoms with E-state index in [1.165, 1.54) is 17.7 Å². The van der Waals surface area contributed by atoms with Gasteiger partial charge in [-0.15, -0.1) is 0 Å². The maximum Gasteiger partial charge on any atom is 0.255 e. The van der Waals surface area contributed by atoms with E-state index in [1.807, 2.05) is 48.5 Å². The van der Waals surface area contributed by atoms with Gasteiger partial charge in [0.25, 0.3) is 11.5 Å². The third-order valence-corrected chi connectivity index (χ3v) is 5.57. The zero-order valence-corrected chi connectivity index (χ0v) is 19.3. The monoisotopic (exact) mass is 474 g/mol. The highest BCUT2D eigenvalue weighted by atomic mass is 35.5. The van der Waals surface area contributed by atoms with Crippen molar-refractivity contribution in [2.75, 3.05) is 12.4 Å². The van der Waals surface area contributed by atoms with Crippen molar-refractivity contribution in [2.24, 2.45) is 0 Å². The number of carbonyl (C=O) groups excluding carboxylic acids is 1. The predicted octanol–water partition coefficient (Wildman–Crippen LogP) is 5.39. The number of hydrogen-bond acceptors (Lipinski definition) is 4. The number of halogens is 1. The lowest BCUT2D eigenvalue weighted by Crippen LogP contribution is -2.21. The number of methoxy groups -OCH3 is 1. The minimum atomic E-state index is -0.337. The molecule has 172 valence electrons. The summed E-state index contributed by atoms with van der Waals surface area (Å²) in [7, 11) is 1.52. The van der Waals surface area contributed by atoms with Gasteiger partial charge in [0.15, 0.2) is 11.5 Å². The summed E-state index contributed by atoms with van der Waals surface area (Å²) < 4.78 is 12.8. The number of rotatable bonds is 8. The lowest BCUT2D eigenvalue weighted by molar-refractivity contribution is 0.102. The molecule has 4 aromatic rings. The van der Waals surface area contributed by atoms with Gasteiger partial charge in [-0.05, 0) is 41.5 Å². The van der Waals surface area contributed by atoms with Crippen molar-refractivity contribution in [1.82, 2.24) is 4.57 Å². The summed E-state index contributed by atoms with van der Waals surface area (Å²) in [5.41, 5.74) is 2.52. The number of pyridine rings is 1. The number of hydrogen-bond donors (Lipinski definition) is 1. The second-order valence-corrected chi connectivity index (χ2v) is 7.98. The molecule has 1 N–H and O–H groups in total. The van der Waals surface area contributed by atoms with Crippen LogP contribution in [0.4, 0.5) is 5.69 Å². The van der Waals surface area contributed by atoms with Crippen molar-refractivity contribution in [3.63, 3.8) is 0 Å². The minimum absolute atomic E-state index is 0.195. The predicted molar refractivity (Wildman–Crippen MR) is 133 cm³/mol. The van der Waals surface area contributed by atoms with Gasteiger partial charge in [0.1, 0.15) is 6.61 Å². The lowest BCUT2D eigenvalue weighted by atomic mass is 10.1. The lowest BCUT2D eigenvalue weighted by Gasteiger charge is -2.13. The molecule has 0 fully saturated rings. The van der Waals surface area contributed by atoms with Crippen LogP contribution in [0.5, 0.6) is 11.5 Å². The quantitative estimate of drug-likeness (QED) is 0.371. The van der Waals surface area contributed by atoms with Crippen molar-refractivity contribution >= 4 is 23.2 Å². The fourth-order valence-corrected chi connectivity index (χ4v) is 3.60. The van der Waals surface area contributed by atoms with Crippen LogP contribution in [-0.2, 0) is 13.2 Å². The summed E-state index contributed by atoms with van der Waals surface area (Å²) in [5.74, 6) is 0.652. The molecule has 34 heavy (non-hydrogen) atoms. The highest BCUT2D eigenvalue weighted by molar-refractivity contribution is 6.31. The van der Waals surface area contributed by atoms with Crippen LogP contribution >= 0.6 is 11.6 Å². The number of nitrogens with one attached hydrogen (secondary N) is 1. The summed E-state index contributed by atoms with van der Waals surface area (Å²) in [6, 6.07) is 25.1. The Hall–Kier alpha value is -4.03. The first-order chi connectivity index (χ1) is 16.5. The van der Waals surface area contributed by atoms with E-state index in [1.54, 1.807) is 36.5 Å². The molecule has 1 amide bonds. The minimum Gasteiger partial charge on any atom is -0.493 e. The Morgan fingerprint density at radius 1 is 0.941 bits per heavy atom. The fraction of sp³-hybridized carbons (Fsp3) is 0.111. The second kappa shape index (κ2) is 10.7. The van der Waals surface area contributed by atoms with E-state index in [9.17, 15) is 9.59 Å².